The Kier molecular flexibility index (Phi) is 5.79. The summed E-state index contributed by atoms with van der Waals surface area (Å²) in [6.45, 7) is 4.05. The molecular weight excluding hydrogens is 246 g/mol. The summed E-state index contributed by atoms with van der Waals surface area (Å²) in [5.74, 6) is -0.297. The first-order chi connectivity index (χ1) is 8.95. The summed E-state index contributed by atoms with van der Waals surface area (Å²) >= 11 is 0. The van der Waals surface area contributed by atoms with Gasteiger partial charge in [0.25, 0.3) is 0 Å². The van der Waals surface area contributed by atoms with Gasteiger partial charge in [-0.3, -0.25) is 9.69 Å². The van der Waals surface area contributed by atoms with E-state index in [2.05, 4.69) is 0 Å². The SMILES string of the molecule is CC(C)Oc1cccc(C(C(=O)O)N(C)CCO)c1. The number of ether oxygens (including phenoxy) is 1. The Morgan fingerprint density at radius 1 is 1.42 bits per heavy atom. The van der Waals surface area contributed by atoms with Crippen LogP contribution in [0.15, 0.2) is 24.3 Å². The molecule has 19 heavy (non-hydrogen) atoms. The highest BCUT2D eigenvalue weighted by molar-refractivity contribution is 5.75. The molecule has 0 radical (unpaired) electrons. The van der Waals surface area contributed by atoms with E-state index in [0.29, 0.717) is 17.9 Å². The normalized spacial score (nSPS) is 12.7. The molecule has 0 spiro atoms. The first-order valence-corrected chi connectivity index (χ1v) is 6.26. The minimum atomic E-state index is -0.947. The molecule has 1 aromatic carbocycles. The number of aliphatic hydroxyl groups is 1. The predicted octanol–water partition coefficient (Wildman–Crippen LogP) is 1.52. The molecule has 5 nitrogen and oxygen atoms in total. The van der Waals surface area contributed by atoms with Crippen molar-refractivity contribution in [3.05, 3.63) is 29.8 Å². The zero-order valence-corrected chi connectivity index (χ0v) is 11.5. The van der Waals surface area contributed by atoms with Crippen molar-refractivity contribution in [2.75, 3.05) is 20.2 Å². The second kappa shape index (κ2) is 7.11. The van der Waals surface area contributed by atoms with Crippen LogP contribution in [0, 0.1) is 0 Å². The minimum Gasteiger partial charge on any atom is -0.491 e. The Morgan fingerprint density at radius 2 is 2.11 bits per heavy atom. The van der Waals surface area contributed by atoms with Gasteiger partial charge in [-0.05, 0) is 38.6 Å². The van der Waals surface area contributed by atoms with Gasteiger partial charge in [0.15, 0.2) is 0 Å². The van der Waals surface area contributed by atoms with Crippen molar-refractivity contribution in [2.24, 2.45) is 0 Å². The number of carbonyl (C=O) groups is 1. The average Bonchev–Trinajstić information content (AvgIpc) is 2.28. The molecule has 0 heterocycles. The van der Waals surface area contributed by atoms with Crippen LogP contribution in [0.2, 0.25) is 0 Å². The molecule has 0 aliphatic carbocycles. The standard InChI is InChI=1S/C14H21NO4/c1-10(2)19-12-6-4-5-11(9-12)13(14(17)18)15(3)7-8-16/h4-6,9-10,13,16H,7-8H2,1-3H3,(H,17,18). The smallest absolute Gasteiger partial charge is 0.325 e. The van der Waals surface area contributed by atoms with Crippen LogP contribution >= 0.6 is 0 Å². The highest BCUT2D eigenvalue weighted by Crippen LogP contribution is 2.24. The van der Waals surface area contributed by atoms with Crippen molar-refractivity contribution in [1.82, 2.24) is 4.90 Å². The maximum atomic E-state index is 11.4. The lowest BCUT2D eigenvalue weighted by Crippen LogP contribution is -2.33. The number of benzene rings is 1. The zero-order chi connectivity index (χ0) is 14.4. The van der Waals surface area contributed by atoms with Gasteiger partial charge in [0.2, 0.25) is 0 Å². The topological polar surface area (TPSA) is 70.0 Å². The van der Waals surface area contributed by atoms with Gasteiger partial charge < -0.3 is 14.9 Å². The van der Waals surface area contributed by atoms with Crippen molar-refractivity contribution >= 4 is 5.97 Å². The van der Waals surface area contributed by atoms with Crippen molar-refractivity contribution in [3.63, 3.8) is 0 Å². The third kappa shape index (κ3) is 4.54. The Hall–Kier alpha value is -1.59. The Morgan fingerprint density at radius 3 is 2.63 bits per heavy atom. The van der Waals surface area contributed by atoms with E-state index in [-0.39, 0.29) is 12.7 Å². The number of likely N-dealkylation sites (N-methyl/N-ethyl adjacent to an activating group) is 1. The fraction of sp³-hybridized carbons (Fsp3) is 0.500. The lowest BCUT2D eigenvalue weighted by Gasteiger charge is -2.24. The van der Waals surface area contributed by atoms with E-state index >= 15 is 0 Å². The fourth-order valence-electron chi connectivity index (χ4n) is 1.90. The highest BCUT2D eigenvalue weighted by Gasteiger charge is 2.24. The van der Waals surface area contributed by atoms with Gasteiger partial charge in [0.1, 0.15) is 11.8 Å². The molecule has 1 aromatic rings. The largest absolute Gasteiger partial charge is 0.491 e. The molecule has 2 N–H and O–H groups in total. The lowest BCUT2D eigenvalue weighted by atomic mass is 10.1. The summed E-state index contributed by atoms with van der Waals surface area (Å²) in [6.07, 6.45) is 0.0358. The second-order valence-corrected chi connectivity index (χ2v) is 4.68. The first-order valence-electron chi connectivity index (χ1n) is 6.26. The maximum Gasteiger partial charge on any atom is 0.325 e. The quantitative estimate of drug-likeness (QED) is 0.784. The van der Waals surface area contributed by atoms with Crippen LogP contribution in [0.25, 0.3) is 0 Å². The Bertz CT molecular complexity index is 420. The predicted molar refractivity (Wildman–Crippen MR) is 72.3 cm³/mol. The van der Waals surface area contributed by atoms with Crippen LogP contribution in [0.5, 0.6) is 5.75 Å². The molecule has 0 aliphatic heterocycles. The number of aliphatic hydroxyl groups excluding tert-OH is 1. The number of hydrogen-bond donors (Lipinski definition) is 2. The number of aliphatic carboxylic acids is 1. The monoisotopic (exact) mass is 267 g/mol. The van der Waals surface area contributed by atoms with Crippen molar-refractivity contribution < 1.29 is 19.7 Å². The second-order valence-electron chi connectivity index (χ2n) is 4.68. The molecule has 0 amide bonds. The highest BCUT2D eigenvalue weighted by atomic mass is 16.5. The van der Waals surface area contributed by atoms with Crippen LogP contribution < -0.4 is 4.74 Å². The van der Waals surface area contributed by atoms with Crippen LogP contribution in [0.1, 0.15) is 25.5 Å². The maximum absolute atomic E-state index is 11.4. The summed E-state index contributed by atoms with van der Waals surface area (Å²) in [6, 6.07) is 6.26. The van der Waals surface area contributed by atoms with E-state index in [0.717, 1.165) is 0 Å². The van der Waals surface area contributed by atoms with Crippen LogP contribution in [-0.4, -0.2) is 47.4 Å². The van der Waals surface area contributed by atoms with Gasteiger partial charge in [-0.2, -0.15) is 0 Å². The number of carboxylic acids is 1. The van der Waals surface area contributed by atoms with Crippen LogP contribution in [0.3, 0.4) is 0 Å². The van der Waals surface area contributed by atoms with Crippen LogP contribution in [-0.2, 0) is 4.79 Å². The van der Waals surface area contributed by atoms with Gasteiger partial charge >= 0.3 is 5.97 Å². The van der Waals surface area contributed by atoms with E-state index in [1.807, 2.05) is 13.8 Å². The summed E-state index contributed by atoms with van der Waals surface area (Å²) in [5.41, 5.74) is 0.640. The molecule has 1 unspecified atom stereocenters. The van der Waals surface area contributed by atoms with E-state index in [1.165, 1.54) is 0 Å². The third-order valence-electron chi connectivity index (χ3n) is 2.67. The number of hydrogen-bond acceptors (Lipinski definition) is 4. The first kappa shape index (κ1) is 15.5. The van der Waals surface area contributed by atoms with Crippen molar-refractivity contribution in [3.8, 4) is 5.75 Å². The summed E-state index contributed by atoms with van der Waals surface area (Å²) in [7, 11) is 1.67. The third-order valence-corrected chi connectivity index (χ3v) is 2.67. The van der Waals surface area contributed by atoms with E-state index in [9.17, 15) is 9.90 Å². The van der Waals surface area contributed by atoms with Gasteiger partial charge in [0.05, 0.1) is 12.7 Å². The number of carboxylic acid groups (broad SMARTS) is 1. The number of nitrogens with zero attached hydrogens (tertiary/aromatic N) is 1. The molecule has 0 bridgehead atoms. The number of rotatable bonds is 7. The van der Waals surface area contributed by atoms with Crippen molar-refractivity contribution in [2.45, 2.75) is 26.0 Å². The van der Waals surface area contributed by atoms with Gasteiger partial charge in [-0.1, -0.05) is 12.1 Å². The fourth-order valence-corrected chi connectivity index (χ4v) is 1.90. The lowest BCUT2D eigenvalue weighted by molar-refractivity contribution is -0.143. The van der Waals surface area contributed by atoms with Crippen LogP contribution in [0.4, 0.5) is 0 Å². The Balaban J connectivity index is 2.99. The molecule has 0 saturated carbocycles. The van der Waals surface area contributed by atoms with E-state index < -0.39 is 12.0 Å². The summed E-state index contributed by atoms with van der Waals surface area (Å²) in [5, 5.41) is 18.3. The molecule has 106 valence electrons. The molecular formula is C14H21NO4. The average molecular weight is 267 g/mol. The molecule has 1 atom stereocenters. The van der Waals surface area contributed by atoms with Gasteiger partial charge in [-0.25, -0.2) is 0 Å². The van der Waals surface area contributed by atoms with E-state index in [1.54, 1.807) is 36.2 Å². The van der Waals surface area contributed by atoms with Gasteiger partial charge in [0, 0.05) is 6.54 Å². The molecule has 0 fully saturated rings. The molecule has 5 heteroatoms. The molecule has 0 aliphatic rings. The summed E-state index contributed by atoms with van der Waals surface area (Å²) < 4.78 is 5.56. The zero-order valence-electron chi connectivity index (χ0n) is 11.5. The molecule has 0 saturated heterocycles. The van der Waals surface area contributed by atoms with Gasteiger partial charge in [-0.15, -0.1) is 0 Å². The van der Waals surface area contributed by atoms with E-state index in [4.69, 9.17) is 9.84 Å². The summed E-state index contributed by atoms with van der Waals surface area (Å²) in [4.78, 5) is 13.0. The van der Waals surface area contributed by atoms with Crippen molar-refractivity contribution in [1.29, 1.82) is 0 Å². The molecule has 0 aromatic heterocycles. The molecule has 1 rings (SSSR count). The Labute approximate surface area is 113 Å². The minimum absolute atomic E-state index is 0.0358.